The van der Waals surface area contributed by atoms with E-state index >= 15 is 0 Å². The van der Waals surface area contributed by atoms with Gasteiger partial charge in [-0.1, -0.05) is 29.2 Å². The number of carbonyl (C=O) groups excluding carboxylic acids is 1. The second kappa shape index (κ2) is 7.40. The summed E-state index contributed by atoms with van der Waals surface area (Å²) in [7, 11) is 1.64. The van der Waals surface area contributed by atoms with Crippen LogP contribution < -0.4 is 10.1 Å². The average molecular weight is 401 g/mol. The molecular formula is C17H12N4O2S3. The SMILES string of the molecule is COc1ccc2nccc(Sc3nnc(NC(=O)c4cccs4)s3)c2c1. The lowest BCUT2D eigenvalue weighted by atomic mass is 10.2. The van der Waals surface area contributed by atoms with Crippen LogP contribution in [0.4, 0.5) is 5.13 Å². The van der Waals surface area contributed by atoms with E-state index in [1.165, 1.54) is 34.4 Å². The van der Waals surface area contributed by atoms with Crippen LogP contribution in [0.1, 0.15) is 9.67 Å². The first-order valence-corrected chi connectivity index (χ1v) is 10.0. The van der Waals surface area contributed by atoms with Gasteiger partial charge in [0.2, 0.25) is 5.13 Å². The van der Waals surface area contributed by atoms with Crippen molar-refractivity contribution < 1.29 is 9.53 Å². The van der Waals surface area contributed by atoms with Crippen LogP contribution >= 0.6 is 34.4 Å². The molecule has 1 aromatic carbocycles. The van der Waals surface area contributed by atoms with Gasteiger partial charge in [-0.05, 0) is 35.7 Å². The number of hydrogen-bond donors (Lipinski definition) is 1. The van der Waals surface area contributed by atoms with Crippen LogP contribution in [0.15, 0.2) is 57.2 Å². The summed E-state index contributed by atoms with van der Waals surface area (Å²) in [4.78, 5) is 18.1. The molecule has 3 aromatic heterocycles. The largest absolute Gasteiger partial charge is 0.497 e. The average Bonchev–Trinajstić information content (AvgIpc) is 3.34. The summed E-state index contributed by atoms with van der Waals surface area (Å²) in [5.41, 5.74) is 0.881. The van der Waals surface area contributed by atoms with Crippen LogP contribution in [0.3, 0.4) is 0 Å². The van der Waals surface area contributed by atoms with Crippen LogP contribution in [-0.4, -0.2) is 28.2 Å². The molecule has 3 heterocycles. The molecule has 6 nitrogen and oxygen atoms in total. The number of thiophene rings is 1. The lowest BCUT2D eigenvalue weighted by molar-refractivity contribution is 0.103. The lowest BCUT2D eigenvalue weighted by Crippen LogP contribution is -2.09. The maximum Gasteiger partial charge on any atom is 0.267 e. The van der Waals surface area contributed by atoms with Crippen LogP contribution in [0.2, 0.25) is 0 Å². The molecule has 0 aliphatic heterocycles. The summed E-state index contributed by atoms with van der Waals surface area (Å²) in [6.07, 6.45) is 1.76. The van der Waals surface area contributed by atoms with E-state index in [0.717, 1.165) is 25.9 Å². The molecule has 0 unspecified atom stereocenters. The van der Waals surface area contributed by atoms with Gasteiger partial charge < -0.3 is 4.74 Å². The molecule has 0 aliphatic rings. The number of pyridine rings is 1. The Morgan fingerprint density at radius 2 is 2.15 bits per heavy atom. The number of benzene rings is 1. The molecule has 0 spiro atoms. The molecule has 130 valence electrons. The third-order valence-electron chi connectivity index (χ3n) is 3.48. The van der Waals surface area contributed by atoms with Crippen molar-refractivity contribution in [3.63, 3.8) is 0 Å². The molecule has 0 bridgehead atoms. The second-order valence-electron chi connectivity index (χ2n) is 5.10. The number of hydrogen-bond acceptors (Lipinski definition) is 8. The van der Waals surface area contributed by atoms with Crippen LogP contribution in [-0.2, 0) is 0 Å². The van der Waals surface area contributed by atoms with Crippen molar-refractivity contribution in [2.24, 2.45) is 0 Å². The summed E-state index contributed by atoms with van der Waals surface area (Å²) < 4.78 is 6.04. The zero-order chi connectivity index (χ0) is 17.9. The van der Waals surface area contributed by atoms with Gasteiger partial charge in [-0.3, -0.25) is 15.1 Å². The highest BCUT2D eigenvalue weighted by molar-refractivity contribution is 8.01. The molecule has 0 radical (unpaired) electrons. The van der Waals surface area contributed by atoms with Crippen molar-refractivity contribution >= 4 is 56.4 Å². The Morgan fingerprint density at radius 1 is 1.23 bits per heavy atom. The molecule has 1 amide bonds. The predicted octanol–water partition coefficient (Wildman–Crippen LogP) is 4.56. The zero-order valence-electron chi connectivity index (χ0n) is 13.5. The van der Waals surface area contributed by atoms with Crippen molar-refractivity contribution in [1.29, 1.82) is 0 Å². The standard InChI is InChI=1S/C17H12N4O2S3/c1-23-10-4-5-12-11(9-10)13(6-7-18-12)25-17-21-20-16(26-17)19-15(22)14-3-2-8-24-14/h2-9H,1H3,(H,19,20,22). The van der Waals surface area contributed by atoms with Gasteiger partial charge >= 0.3 is 0 Å². The van der Waals surface area contributed by atoms with Gasteiger partial charge in [-0.25, -0.2) is 0 Å². The van der Waals surface area contributed by atoms with Gasteiger partial charge in [0.1, 0.15) is 5.75 Å². The normalized spacial score (nSPS) is 10.8. The summed E-state index contributed by atoms with van der Waals surface area (Å²) in [5, 5.41) is 14.3. The fourth-order valence-corrected chi connectivity index (χ4v) is 4.71. The quantitative estimate of drug-likeness (QED) is 0.495. The van der Waals surface area contributed by atoms with Crippen LogP contribution in [0.5, 0.6) is 5.75 Å². The minimum Gasteiger partial charge on any atom is -0.497 e. The number of rotatable bonds is 5. The van der Waals surface area contributed by atoms with Crippen molar-refractivity contribution in [2.75, 3.05) is 12.4 Å². The Labute approximate surface area is 161 Å². The van der Waals surface area contributed by atoms with E-state index in [2.05, 4.69) is 20.5 Å². The van der Waals surface area contributed by atoms with E-state index in [4.69, 9.17) is 4.74 Å². The van der Waals surface area contributed by atoms with Crippen molar-refractivity contribution in [3.05, 3.63) is 52.9 Å². The fourth-order valence-electron chi connectivity index (χ4n) is 2.28. The number of carbonyl (C=O) groups is 1. The first-order chi connectivity index (χ1) is 12.7. The van der Waals surface area contributed by atoms with Crippen LogP contribution in [0, 0.1) is 0 Å². The van der Waals surface area contributed by atoms with Gasteiger partial charge in [0.15, 0.2) is 4.34 Å². The van der Waals surface area contributed by atoms with Crippen molar-refractivity contribution in [2.45, 2.75) is 9.24 Å². The maximum absolute atomic E-state index is 12.1. The molecule has 1 N–H and O–H groups in total. The van der Waals surface area contributed by atoms with Gasteiger partial charge in [0, 0.05) is 16.5 Å². The zero-order valence-corrected chi connectivity index (χ0v) is 16.0. The van der Waals surface area contributed by atoms with Crippen molar-refractivity contribution in [1.82, 2.24) is 15.2 Å². The van der Waals surface area contributed by atoms with E-state index in [1.54, 1.807) is 19.4 Å². The molecule has 0 saturated heterocycles. The fraction of sp³-hybridized carbons (Fsp3) is 0.0588. The minimum absolute atomic E-state index is 0.174. The Hall–Kier alpha value is -2.49. The monoisotopic (exact) mass is 400 g/mol. The van der Waals surface area contributed by atoms with E-state index < -0.39 is 0 Å². The Balaban J connectivity index is 1.56. The first-order valence-electron chi connectivity index (χ1n) is 7.52. The predicted molar refractivity (Wildman–Crippen MR) is 105 cm³/mol. The number of ether oxygens (including phenoxy) is 1. The summed E-state index contributed by atoms with van der Waals surface area (Å²) in [6, 6.07) is 11.3. The van der Waals surface area contributed by atoms with E-state index in [-0.39, 0.29) is 5.91 Å². The molecule has 26 heavy (non-hydrogen) atoms. The number of nitrogens with zero attached hydrogens (tertiary/aromatic N) is 3. The smallest absolute Gasteiger partial charge is 0.267 e. The Kier molecular flexibility index (Phi) is 4.83. The molecule has 4 aromatic rings. The van der Waals surface area contributed by atoms with Gasteiger partial charge in [-0.15, -0.1) is 21.5 Å². The van der Waals surface area contributed by atoms with E-state index in [0.29, 0.717) is 10.0 Å². The molecule has 9 heteroatoms. The molecule has 0 saturated carbocycles. The van der Waals surface area contributed by atoms with E-state index in [9.17, 15) is 4.79 Å². The summed E-state index contributed by atoms with van der Waals surface area (Å²) in [5.74, 6) is 0.598. The van der Waals surface area contributed by atoms with Crippen LogP contribution in [0.25, 0.3) is 10.9 Å². The number of fused-ring (bicyclic) bond motifs is 1. The molecule has 4 rings (SSSR count). The third-order valence-corrected chi connectivity index (χ3v) is 6.31. The number of anilines is 1. The van der Waals surface area contributed by atoms with Gasteiger partial charge in [0.05, 0.1) is 17.5 Å². The number of amides is 1. The molecular weight excluding hydrogens is 388 g/mol. The second-order valence-corrected chi connectivity index (χ2v) is 8.31. The highest BCUT2D eigenvalue weighted by atomic mass is 32.2. The number of aromatic nitrogens is 3. The lowest BCUT2D eigenvalue weighted by Gasteiger charge is -2.05. The molecule has 0 fully saturated rings. The highest BCUT2D eigenvalue weighted by Gasteiger charge is 2.13. The third kappa shape index (κ3) is 3.55. The summed E-state index contributed by atoms with van der Waals surface area (Å²) >= 11 is 4.20. The number of nitrogens with one attached hydrogen (secondary N) is 1. The van der Waals surface area contributed by atoms with E-state index in [1.807, 2.05) is 35.7 Å². The molecule has 0 aliphatic carbocycles. The first kappa shape index (κ1) is 17.0. The Bertz CT molecular complexity index is 1060. The van der Waals surface area contributed by atoms with Gasteiger partial charge in [0.25, 0.3) is 5.91 Å². The Morgan fingerprint density at radius 3 is 2.96 bits per heavy atom. The highest BCUT2D eigenvalue weighted by Crippen LogP contribution is 2.36. The minimum atomic E-state index is -0.174. The molecule has 0 atom stereocenters. The van der Waals surface area contributed by atoms with Crippen molar-refractivity contribution in [3.8, 4) is 5.75 Å². The maximum atomic E-state index is 12.1. The number of methoxy groups -OCH3 is 1. The topological polar surface area (TPSA) is 77.0 Å². The summed E-state index contributed by atoms with van der Waals surface area (Å²) in [6.45, 7) is 0. The van der Waals surface area contributed by atoms with Gasteiger partial charge in [-0.2, -0.15) is 0 Å².